The minimum absolute atomic E-state index is 0.0167. The summed E-state index contributed by atoms with van der Waals surface area (Å²) in [5.74, 6) is -1.13. The normalized spacial score (nSPS) is 10.0. The molecule has 2 rings (SSSR count). The Morgan fingerprint density at radius 1 is 1.33 bits per heavy atom. The lowest BCUT2D eigenvalue weighted by molar-refractivity contribution is 0.0994. The van der Waals surface area contributed by atoms with Crippen LogP contribution in [0.4, 0.5) is 11.6 Å². The predicted octanol–water partition coefficient (Wildman–Crippen LogP) is -0.262. The smallest absolute Gasteiger partial charge is 0.293 e. The van der Waals surface area contributed by atoms with Crippen LogP contribution in [-0.4, -0.2) is 27.0 Å². The molecule has 0 fully saturated rings. The van der Waals surface area contributed by atoms with E-state index >= 15 is 0 Å². The summed E-state index contributed by atoms with van der Waals surface area (Å²) in [7, 11) is 0. The molecule has 8 nitrogen and oxygen atoms in total. The first-order chi connectivity index (χ1) is 8.56. The molecule has 1 aromatic heterocycles. The molecule has 18 heavy (non-hydrogen) atoms. The molecule has 2 amide bonds. The Balaban J connectivity index is 2.16. The fraction of sp³-hybridized carbons (Fsp3) is 0. The van der Waals surface area contributed by atoms with E-state index in [4.69, 9.17) is 11.5 Å². The van der Waals surface area contributed by atoms with Gasteiger partial charge in [0, 0.05) is 11.3 Å². The summed E-state index contributed by atoms with van der Waals surface area (Å²) in [5, 5.41) is 8.44. The zero-order chi connectivity index (χ0) is 13.1. The second-order valence-corrected chi connectivity index (χ2v) is 3.44. The van der Waals surface area contributed by atoms with Crippen LogP contribution in [0.2, 0.25) is 0 Å². The summed E-state index contributed by atoms with van der Waals surface area (Å²) in [6.45, 7) is 0. The number of hydrogen-bond donors (Lipinski definition) is 4. The number of aromatic amines is 1. The average Bonchev–Trinajstić information content (AvgIpc) is 2.76. The number of benzene rings is 1. The molecule has 6 N–H and O–H groups in total. The first-order valence-corrected chi connectivity index (χ1v) is 4.95. The minimum atomic E-state index is -0.574. The first-order valence-electron chi connectivity index (χ1n) is 4.95. The van der Waals surface area contributed by atoms with Crippen molar-refractivity contribution in [2.24, 2.45) is 5.73 Å². The Morgan fingerprint density at radius 2 is 2.11 bits per heavy atom. The minimum Gasteiger partial charge on any atom is -0.366 e. The van der Waals surface area contributed by atoms with Crippen LogP contribution in [0.15, 0.2) is 24.3 Å². The number of hydrogen-bond acceptors (Lipinski definition) is 5. The van der Waals surface area contributed by atoms with Gasteiger partial charge in [0.1, 0.15) is 0 Å². The third kappa shape index (κ3) is 2.43. The molecule has 0 bridgehead atoms. The van der Waals surface area contributed by atoms with Crippen LogP contribution in [0.3, 0.4) is 0 Å². The van der Waals surface area contributed by atoms with E-state index < -0.39 is 11.8 Å². The number of nitrogens with two attached hydrogens (primary N) is 2. The van der Waals surface area contributed by atoms with Gasteiger partial charge in [0.25, 0.3) is 5.91 Å². The molecule has 0 aliphatic carbocycles. The number of nitrogen functional groups attached to an aromatic ring is 1. The van der Waals surface area contributed by atoms with Crippen LogP contribution in [0.25, 0.3) is 0 Å². The van der Waals surface area contributed by atoms with E-state index in [-0.39, 0.29) is 11.8 Å². The molecule has 92 valence electrons. The molecule has 0 aliphatic rings. The van der Waals surface area contributed by atoms with Crippen LogP contribution in [0.5, 0.6) is 0 Å². The van der Waals surface area contributed by atoms with E-state index in [9.17, 15) is 9.59 Å². The van der Waals surface area contributed by atoms with Crippen molar-refractivity contribution in [2.45, 2.75) is 0 Å². The van der Waals surface area contributed by atoms with Crippen molar-refractivity contribution in [3.8, 4) is 0 Å². The fourth-order valence-corrected chi connectivity index (χ4v) is 1.32. The molecule has 0 radical (unpaired) electrons. The molecule has 1 aromatic carbocycles. The number of nitrogens with zero attached hydrogens (tertiary/aromatic N) is 2. The van der Waals surface area contributed by atoms with Crippen LogP contribution in [0.1, 0.15) is 21.0 Å². The van der Waals surface area contributed by atoms with Crippen LogP contribution in [0, 0.1) is 0 Å². The fourth-order valence-electron chi connectivity index (χ4n) is 1.32. The molecule has 0 unspecified atom stereocenters. The van der Waals surface area contributed by atoms with Crippen molar-refractivity contribution in [2.75, 3.05) is 11.1 Å². The standard InChI is InChI=1S/C10H10N6O2/c11-7(17)5-2-1-3-6(4-5)13-9(18)8-14-10(12)16-15-8/h1-4H,(H2,11,17)(H,13,18)(H3,12,14,15,16). The van der Waals surface area contributed by atoms with Crippen molar-refractivity contribution in [1.82, 2.24) is 15.2 Å². The summed E-state index contributed by atoms with van der Waals surface area (Å²) in [4.78, 5) is 26.3. The van der Waals surface area contributed by atoms with E-state index in [0.29, 0.717) is 11.3 Å². The molecule has 0 atom stereocenters. The van der Waals surface area contributed by atoms with Crippen LogP contribution < -0.4 is 16.8 Å². The highest BCUT2D eigenvalue weighted by Crippen LogP contribution is 2.11. The number of primary amides is 1. The number of anilines is 2. The summed E-state index contributed by atoms with van der Waals surface area (Å²) in [6.07, 6.45) is 0. The monoisotopic (exact) mass is 246 g/mol. The Kier molecular flexibility index (Phi) is 2.92. The largest absolute Gasteiger partial charge is 0.366 e. The van der Waals surface area contributed by atoms with E-state index in [0.717, 1.165) is 0 Å². The van der Waals surface area contributed by atoms with Gasteiger partial charge in [-0.15, -0.1) is 5.10 Å². The number of rotatable bonds is 3. The van der Waals surface area contributed by atoms with Gasteiger partial charge in [-0.2, -0.15) is 4.98 Å². The van der Waals surface area contributed by atoms with Crippen molar-refractivity contribution >= 4 is 23.5 Å². The highest BCUT2D eigenvalue weighted by molar-refractivity contribution is 6.02. The molecular weight excluding hydrogens is 236 g/mol. The molecule has 2 aromatic rings. The highest BCUT2D eigenvalue weighted by Gasteiger charge is 2.11. The molecule has 1 heterocycles. The van der Waals surface area contributed by atoms with Crippen LogP contribution >= 0.6 is 0 Å². The average molecular weight is 246 g/mol. The van der Waals surface area contributed by atoms with E-state index in [1.807, 2.05) is 0 Å². The van der Waals surface area contributed by atoms with E-state index in [1.54, 1.807) is 18.2 Å². The molecule has 0 spiro atoms. The Labute approximate surface area is 101 Å². The predicted molar refractivity (Wildman–Crippen MR) is 63.7 cm³/mol. The Morgan fingerprint density at radius 3 is 2.72 bits per heavy atom. The van der Waals surface area contributed by atoms with Gasteiger partial charge in [0.15, 0.2) is 0 Å². The Bertz CT molecular complexity index is 606. The Hall–Kier alpha value is -2.90. The quantitative estimate of drug-likeness (QED) is 0.590. The lowest BCUT2D eigenvalue weighted by Crippen LogP contribution is -2.15. The van der Waals surface area contributed by atoms with Gasteiger partial charge in [-0.25, -0.2) is 0 Å². The first kappa shape index (κ1) is 11.6. The van der Waals surface area contributed by atoms with Crippen molar-refractivity contribution in [3.05, 3.63) is 35.7 Å². The van der Waals surface area contributed by atoms with Gasteiger partial charge in [-0.3, -0.25) is 14.7 Å². The number of carbonyl (C=O) groups is 2. The van der Waals surface area contributed by atoms with Crippen molar-refractivity contribution in [1.29, 1.82) is 0 Å². The van der Waals surface area contributed by atoms with E-state index in [1.165, 1.54) is 6.07 Å². The third-order valence-electron chi connectivity index (χ3n) is 2.12. The summed E-state index contributed by atoms with van der Waals surface area (Å²) >= 11 is 0. The zero-order valence-electron chi connectivity index (χ0n) is 9.18. The van der Waals surface area contributed by atoms with Crippen molar-refractivity contribution < 1.29 is 9.59 Å². The lowest BCUT2D eigenvalue weighted by atomic mass is 10.2. The number of nitrogens with one attached hydrogen (secondary N) is 2. The number of amides is 2. The van der Waals surface area contributed by atoms with Crippen molar-refractivity contribution in [3.63, 3.8) is 0 Å². The maximum absolute atomic E-state index is 11.7. The maximum atomic E-state index is 11.7. The number of aromatic nitrogens is 3. The van der Waals surface area contributed by atoms with Gasteiger partial charge in [-0.1, -0.05) is 6.07 Å². The second-order valence-electron chi connectivity index (χ2n) is 3.44. The van der Waals surface area contributed by atoms with Crippen LogP contribution in [-0.2, 0) is 0 Å². The zero-order valence-corrected chi connectivity index (χ0v) is 9.18. The van der Waals surface area contributed by atoms with E-state index in [2.05, 4.69) is 20.5 Å². The SMILES string of the molecule is NC(=O)c1cccc(NC(=O)c2nc(N)n[nH]2)c1. The molecule has 0 aliphatic heterocycles. The topological polar surface area (TPSA) is 140 Å². The van der Waals surface area contributed by atoms with Gasteiger partial charge in [0.05, 0.1) is 0 Å². The molecule has 0 saturated carbocycles. The number of carbonyl (C=O) groups excluding carboxylic acids is 2. The second kappa shape index (κ2) is 4.53. The van der Waals surface area contributed by atoms with Gasteiger partial charge in [0.2, 0.25) is 17.7 Å². The maximum Gasteiger partial charge on any atom is 0.293 e. The third-order valence-corrected chi connectivity index (χ3v) is 2.12. The summed E-state index contributed by atoms with van der Waals surface area (Å²) in [5.41, 5.74) is 11.1. The number of H-pyrrole nitrogens is 1. The highest BCUT2D eigenvalue weighted by atomic mass is 16.2. The molecule has 8 heteroatoms. The summed E-state index contributed by atoms with van der Waals surface area (Å²) in [6, 6.07) is 6.22. The van der Waals surface area contributed by atoms with Gasteiger partial charge < -0.3 is 16.8 Å². The molecule has 0 saturated heterocycles. The van der Waals surface area contributed by atoms with Gasteiger partial charge >= 0.3 is 0 Å². The molecular formula is C10H10N6O2. The lowest BCUT2D eigenvalue weighted by Gasteiger charge is -2.03. The summed E-state index contributed by atoms with van der Waals surface area (Å²) < 4.78 is 0. The van der Waals surface area contributed by atoms with Gasteiger partial charge in [-0.05, 0) is 18.2 Å².